The van der Waals surface area contributed by atoms with E-state index in [0.29, 0.717) is 24.7 Å². The van der Waals surface area contributed by atoms with E-state index in [1.807, 2.05) is 34.4 Å². The molecule has 0 spiro atoms. The summed E-state index contributed by atoms with van der Waals surface area (Å²) in [5, 5.41) is 1.93. The molecule has 0 bridgehead atoms. The second kappa shape index (κ2) is 6.95. The van der Waals surface area contributed by atoms with Crippen LogP contribution in [0.2, 0.25) is 0 Å². The van der Waals surface area contributed by atoms with E-state index >= 15 is 0 Å². The van der Waals surface area contributed by atoms with Gasteiger partial charge >= 0.3 is 0 Å². The summed E-state index contributed by atoms with van der Waals surface area (Å²) < 4.78 is 0. The number of nitrogens with two attached hydrogens (primary N) is 1. The largest absolute Gasteiger partial charge is 0.393 e. The number of fused-ring (bicyclic) bond motifs is 1. The number of nitrogens with zero attached hydrogens (tertiary/aromatic N) is 3. The fourth-order valence-corrected chi connectivity index (χ4v) is 5.35. The molecule has 26 heavy (non-hydrogen) atoms. The van der Waals surface area contributed by atoms with Crippen LogP contribution in [0.25, 0.3) is 0 Å². The Kier molecular flexibility index (Phi) is 4.65. The van der Waals surface area contributed by atoms with Crippen molar-refractivity contribution in [2.45, 2.75) is 31.7 Å². The van der Waals surface area contributed by atoms with Crippen molar-refractivity contribution in [2.75, 3.05) is 33.2 Å². The molecule has 2 atom stereocenters. The van der Waals surface area contributed by atoms with E-state index in [4.69, 9.17) is 5.73 Å². The third-order valence-electron chi connectivity index (χ3n) is 6.04. The maximum absolute atomic E-state index is 12.6. The molecule has 1 saturated carbocycles. The average molecular weight is 375 g/mol. The SMILES string of the molecule is CN1C(=O)C(N)=C(N2CCN(C(=O)c3cccs3)CC2)C2CCCCC21. The molecule has 1 aromatic heterocycles. The number of thiophene rings is 1. The Bertz CT molecular complexity index is 722. The number of amides is 2. The lowest BCUT2D eigenvalue weighted by atomic mass is 9.78. The highest BCUT2D eigenvalue weighted by molar-refractivity contribution is 7.12. The topological polar surface area (TPSA) is 69.9 Å². The smallest absolute Gasteiger partial charge is 0.271 e. The van der Waals surface area contributed by atoms with Crippen LogP contribution in [0.15, 0.2) is 28.9 Å². The number of rotatable bonds is 2. The number of piperazine rings is 1. The molecule has 2 fully saturated rings. The van der Waals surface area contributed by atoms with Crippen molar-refractivity contribution in [3.63, 3.8) is 0 Å². The molecular weight excluding hydrogens is 348 g/mol. The second-order valence-electron chi connectivity index (χ2n) is 7.43. The van der Waals surface area contributed by atoms with Crippen molar-refractivity contribution in [1.29, 1.82) is 0 Å². The van der Waals surface area contributed by atoms with Gasteiger partial charge in [0.2, 0.25) is 0 Å². The first-order chi connectivity index (χ1) is 12.6. The van der Waals surface area contributed by atoms with Gasteiger partial charge in [-0.2, -0.15) is 0 Å². The van der Waals surface area contributed by atoms with Crippen molar-refractivity contribution in [3.8, 4) is 0 Å². The molecule has 1 aliphatic carbocycles. The summed E-state index contributed by atoms with van der Waals surface area (Å²) in [5.41, 5.74) is 7.74. The second-order valence-corrected chi connectivity index (χ2v) is 8.38. The predicted molar refractivity (Wildman–Crippen MR) is 102 cm³/mol. The van der Waals surface area contributed by atoms with Gasteiger partial charge in [0, 0.05) is 50.9 Å². The van der Waals surface area contributed by atoms with Gasteiger partial charge in [0.25, 0.3) is 11.8 Å². The summed E-state index contributed by atoms with van der Waals surface area (Å²) in [4.78, 5) is 32.0. The Morgan fingerprint density at radius 2 is 1.92 bits per heavy atom. The van der Waals surface area contributed by atoms with E-state index in [9.17, 15) is 9.59 Å². The molecule has 2 amide bonds. The highest BCUT2D eigenvalue weighted by Crippen LogP contribution is 2.39. The zero-order chi connectivity index (χ0) is 18.3. The fourth-order valence-electron chi connectivity index (χ4n) is 4.66. The number of hydrogen-bond acceptors (Lipinski definition) is 5. The van der Waals surface area contributed by atoms with Gasteiger partial charge in [-0.15, -0.1) is 11.3 Å². The standard InChI is InChI=1S/C19H26N4O2S/c1-21-14-6-3-2-5-13(14)17(16(20)19(21)25)22-8-10-23(11-9-22)18(24)15-7-4-12-26-15/h4,7,12-14H,2-3,5-6,8-11,20H2,1H3. The first-order valence-electron chi connectivity index (χ1n) is 9.42. The Balaban J connectivity index is 1.51. The maximum atomic E-state index is 12.6. The fraction of sp³-hybridized carbons (Fsp3) is 0.579. The molecule has 4 rings (SSSR count). The zero-order valence-electron chi connectivity index (χ0n) is 15.2. The highest BCUT2D eigenvalue weighted by Gasteiger charge is 2.42. The number of carbonyl (C=O) groups is 2. The molecule has 3 aliphatic rings. The van der Waals surface area contributed by atoms with Crippen LogP contribution in [-0.4, -0.2) is 65.8 Å². The summed E-state index contributed by atoms with van der Waals surface area (Å²) in [6, 6.07) is 4.05. The summed E-state index contributed by atoms with van der Waals surface area (Å²) in [5.74, 6) is 0.405. The van der Waals surface area contributed by atoms with Crippen LogP contribution in [0.3, 0.4) is 0 Å². The van der Waals surface area contributed by atoms with Gasteiger partial charge in [0.1, 0.15) is 5.70 Å². The van der Waals surface area contributed by atoms with Crippen LogP contribution in [0.1, 0.15) is 35.4 Å². The molecular formula is C19H26N4O2S. The molecule has 140 valence electrons. The maximum Gasteiger partial charge on any atom is 0.271 e. The minimum Gasteiger partial charge on any atom is -0.393 e. The van der Waals surface area contributed by atoms with Gasteiger partial charge < -0.3 is 20.4 Å². The van der Waals surface area contributed by atoms with Crippen molar-refractivity contribution < 1.29 is 9.59 Å². The van der Waals surface area contributed by atoms with Gasteiger partial charge in [0.05, 0.1) is 4.88 Å². The average Bonchev–Trinajstić information content (AvgIpc) is 3.21. The molecule has 6 nitrogen and oxygen atoms in total. The Hall–Kier alpha value is -2.02. The van der Waals surface area contributed by atoms with Crippen LogP contribution in [-0.2, 0) is 4.79 Å². The molecule has 2 N–H and O–H groups in total. The van der Waals surface area contributed by atoms with Crippen LogP contribution in [0, 0.1) is 5.92 Å². The monoisotopic (exact) mass is 374 g/mol. The minimum absolute atomic E-state index is 0.0414. The van der Waals surface area contributed by atoms with Gasteiger partial charge in [-0.3, -0.25) is 9.59 Å². The van der Waals surface area contributed by atoms with E-state index in [1.54, 1.807) is 0 Å². The van der Waals surface area contributed by atoms with Crippen LogP contribution in [0.5, 0.6) is 0 Å². The highest BCUT2D eigenvalue weighted by atomic mass is 32.1. The molecule has 0 radical (unpaired) electrons. The summed E-state index contributed by atoms with van der Waals surface area (Å²) in [6.07, 6.45) is 4.51. The molecule has 1 aromatic rings. The lowest BCUT2D eigenvalue weighted by Gasteiger charge is -2.48. The summed E-state index contributed by atoms with van der Waals surface area (Å²) >= 11 is 1.49. The van der Waals surface area contributed by atoms with Crippen molar-refractivity contribution >= 4 is 23.2 Å². The predicted octanol–water partition coefficient (Wildman–Crippen LogP) is 1.71. The quantitative estimate of drug-likeness (QED) is 0.856. The van der Waals surface area contributed by atoms with Gasteiger partial charge in [-0.1, -0.05) is 18.9 Å². The Morgan fingerprint density at radius 1 is 1.19 bits per heavy atom. The molecule has 1 saturated heterocycles. The number of likely N-dealkylation sites (N-methyl/N-ethyl adjacent to an activating group) is 1. The molecule has 2 unspecified atom stereocenters. The Labute approximate surface area is 158 Å². The summed E-state index contributed by atoms with van der Waals surface area (Å²) in [7, 11) is 1.88. The van der Waals surface area contributed by atoms with E-state index in [-0.39, 0.29) is 17.9 Å². The van der Waals surface area contributed by atoms with Gasteiger partial charge in [-0.05, 0) is 24.3 Å². The third-order valence-corrected chi connectivity index (χ3v) is 6.90. The first-order valence-corrected chi connectivity index (χ1v) is 10.3. The summed E-state index contributed by atoms with van der Waals surface area (Å²) in [6.45, 7) is 2.84. The van der Waals surface area contributed by atoms with Crippen molar-refractivity contribution in [2.24, 2.45) is 11.7 Å². The number of hydrogen-bond donors (Lipinski definition) is 1. The lowest BCUT2D eigenvalue weighted by Crippen LogP contribution is -2.56. The van der Waals surface area contributed by atoms with E-state index in [1.165, 1.54) is 24.2 Å². The van der Waals surface area contributed by atoms with E-state index < -0.39 is 0 Å². The van der Waals surface area contributed by atoms with Crippen molar-refractivity contribution in [1.82, 2.24) is 14.7 Å². The van der Waals surface area contributed by atoms with Crippen molar-refractivity contribution in [3.05, 3.63) is 33.8 Å². The lowest BCUT2D eigenvalue weighted by molar-refractivity contribution is -0.131. The molecule has 7 heteroatoms. The first kappa shape index (κ1) is 17.4. The van der Waals surface area contributed by atoms with Crippen LogP contribution < -0.4 is 5.73 Å². The Morgan fingerprint density at radius 3 is 2.62 bits per heavy atom. The van der Waals surface area contributed by atoms with Crippen LogP contribution in [0.4, 0.5) is 0 Å². The molecule has 2 aliphatic heterocycles. The number of carbonyl (C=O) groups excluding carboxylic acids is 2. The van der Waals surface area contributed by atoms with E-state index in [0.717, 1.165) is 36.5 Å². The van der Waals surface area contributed by atoms with Crippen LogP contribution >= 0.6 is 11.3 Å². The van der Waals surface area contributed by atoms with E-state index in [2.05, 4.69) is 4.90 Å². The molecule has 3 heterocycles. The van der Waals surface area contributed by atoms with Gasteiger partial charge in [0.15, 0.2) is 0 Å². The minimum atomic E-state index is -0.0414. The zero-order valence-corrected chi connectivity index (χ0v) is 16.0. The third kappa shape index (κ3) is 2.88. The normalized spacial score (nSPS) is 27.0. The van der Waals surface area contributed by atoms with Gasteiger partial charge in [-0.25, -0.2) is 0 Å². The molecule has 0 aromatic carbocycles.